The van der Waals surface area contributed by atoms with E-state index in [2.05, 4.69) is 61.6 Å². The van der Waals surface area contributed by atoms with Crippen molar-refractivity contribution < 1.29 is 0 Å². The molecule has 2 heteroatoms. The van der Waals surface area contributed by atoms with Gasteiger partial charge in [0, 0.05) is 16.3 Å². The number of para-hydroxylation sites is 1. The Morgan fingerprint density at radius 2 is 2.00 bits per heavy atom. The van der Waals surface area contributed by atoms with Crippen LogP contribution in [-0.2, 0) is 6.42 Å². The van der Waals surface area contributed by atoms with Crippen molar-refractivity contribution in [1.29, 1.82) is 0 Å². The molecule has 0 bridgehead atoms. The molecule has 1 N–H and O–H groups in total. The maximum Gasteiger partial charge on any atom is 0.0533 e. The van der Waals surface area contributed by atoms with Crippen molar-refractivity contribution in [1.82, 2.24) is 0 Å². The summed E-state index contributed by atoms with van der Waals surface area (Å²) >= 11 is 1.98. The molecule has 20 heavy (non-hydrogen) atoms. The minimum Gasteiger partial charge on any atom is -0.378 e. The van der Waals surface area contributed by atoms with Gasteiger partial charge < -0.3 is 5.32 Å². The molecule has 3 rings (SSSR count). The Kier molecular flexibility index (Phi) is 4.02. The van der Waals surface area contributed by atoms with E-state index in [0.717, 1.165) is 6.42 Å². The number of hydrogen-bond acceptors (Lipinski definition) is 2. The fraction of sp³-hybridized carbons (Fsp3) is 0.333. The SMILES string of the molecule is CCc1cccc(C)c1NC1CCSc2ccccc21. The zero-order chi connectivity index (χ0) is 13.9. The molecule has 0 saturated heterocycles. The van der Waals surface area contributed by atoms with Crippen molar-refractivity contribution in [3.8, 4) is 0 Å². The Hall–Kier alpha value is -1.41. The summed E-state index contributed by atoms with van der Waals surface area (Å²) in [6.45, 7) is 4.43. The van der Waals surface area contributed by atoms with E-state index in [-0.39, 0.29) is 0 Å². The summed E-state index contributed by atoms with van der Waals surface area (Å²) in [7, 11) is 0. The van der Waals surface area contributed by atoms with Gasteiger partial charge in [0.05, 0.1) is 6.04 Å². The first-order valence-electron chi connectivity index (χ1n) is 7.36. The lowest BCUT2D eigenvalue weighted by atomic mass is 10.0. The summed E-state index contributed by atoms with van der Waals surface area (Å²) < 4.78 is 0. The number of nitrogens with one attached hydrogen (secondary N) is 1. The van der Waals surface area contributed by atoms with Crippen LogP contribution in [0, 0.1) is 6.92 Å². The molecule has 0 saturated carbocycles. The topological polar surface area (TPSA) is 12.0 Å². The number of aryl methyl sites for hydroxylation is 2. The van der Waals surface area contributed by atoms with Crippen molar-refractivity contribution in [3.63, 3.8) is 0 Å². The molecule has 1 aliphatic rings. The van der Waals surface area contributed by atoms with E-state index in [1.807, 2.05) is 11.8 Å². The molecule has 0 amide bonds. The van der Waals surface area contributed by atoms with Gasteiger partial charge in [0.2, 0.25) is 0 Å². The lowest BCUT2D eigenvalue weighted by Crippen LogP contribution is -2.17. The molecule has 0 fully saturated rings. The van der Waals surface area contributed by atoms with Crippen molar-refractivity contribution >= 4 is 17.4 Å². The fourth-order valence-corrected chi connectivity index (χ4v) is 4.02. The van der Waals surface area contributed by atoms with Crippen LogP contribution in [0.2, 0.25) is 0 Å². The molecule has 0 radical (unpaired) electrons. The third-order valence-corrected chi connectivity index (χ3v) is 5.14. The predicted molar refractivity (Wildman–Crippen MR) is 88.7 cm³/mol. The van der Waals surface area contributed by atoms with Gasteiger partial charge in [-0.2, -0.15) is 0 Å². The molecule has 0 aliphatic carbocycles. The molecule has 1 nitrogen and oxygen atoms in total. The Balaban J connectivity index is 1.93. The average molecular weight is 283 g/mol. The number of hydrogen-bond donors (Lipinski definition) is 1. The zero-order valence-electron chi connectivity index (χ0n) is 12.1. The second kappa shape index (κ2) is 5.92. The van der Waals surface area contributed by atoms with E-state index in [0.29, 0.717) is 6.04 Å². The summed E-state index contributed by atoms with van der Waals surface area (Å²) in [5.74, 6) is 1.20. The van der Waals surface area contributed by atoms with Gasteiger partial charge in [0.1, 0.15) is 0 Å². The Morgan fingerprint density at radius 3 is 2.85 bits per heavy atom. The smallest absolute Gasteiger partial charge is 0.0533 e. The summed E-state index contributed by atoms with van der Waals surface area (Å²) in [6.07, 6.45) is 2.27. The van der Waals surface area contributed by atoms with Gasteiger partial charge in [-0.05, 0) is 42.5 Å². The largest absolute Gasteiger partial charge is 0.378 e. The van der Waals surface area contributed by atoms with Crippen molar-refractivity contribution in [2.45, 2.75) is 37.6 Å². The van der Waals surface area contributed by atoms with Crippen LogP contribution >= 0.6 is 11.8 Å². The quantitative estimate of drug-likeness (QED) is 0.830. The van der Waals surface area contributed by atoms with Crippen LogP contribution < -0.4 is 5.32 Å². The first-order valence-corrected chi connectivity index (χ1v) is 8.35. The fourth-order valence-electron chi connectivity index (χ4n) is 2.90. The highest BCUT2D eigenvalue weighted by Crippen LogP contribution is 2.38. The van der Waals surface area contributed by atoms with E-state index < -0.39 is 0 Å². The van der Waals surface area contributed by atoms with Gasteiger partial charge in [0.15, 0.2) is 0 Å². The maximum atomic E-state index is 3.81. The summed E-state index contributed by atoms with van der Waals surface area (Å²) in [5.41, 5.74) is 5.55. The van der Waals surface area contributed by atoms with Crippen LogP contribution in [0.3, 0.4) is 0 Å². The number of anilines is 1. The standard InChI is InChI=1S/C18H21NS/c1-3-14-8-6-7-13(2)18(14)19-16-11-12-20-17-10-5-4-9-15(16)17/h4-10,16,19H,3,11-12H2,1-2H3. The number of thioether (sulfide) groups is 1. The Bertz CT molecular complexity index is 606. The van der Waals surface area contributed by atoms with E-state index in [9.17, 15) is 0 Å². The highest BCUT2D eigenvalue weighted by molar-refractivity contribution is 7.99. The van der Waals surface area contributed by atoms with Gasteiger partial charge in [-0.25, -0.2) is 0 Å². The molecule has 1 heterocycles. The molecule has 1 unspecified atom stereocenters. The summed E-state index contributed by atoms with van der Waals surface area (Å²) in [5, 5.41) is 3.81. The van der Waals surface area contributed by atoms with Crippen LogP contribution in [0.5, 0.6) is 0 Å². The van der Waals surface area contributed by atoms with Gasteiger partial charge in [0.25, 0.3) is 0 Å². The van der Waals surface area contributed by atoms with Crippen molar-refractivity contribution in [3.05, 3.63) is 59.2 Å². The van der Waals surface area contributed by atoms with Crippen molar-refractivity contribution in [2.75, 3.05) is 11.1 Å². The molecule has 2 aromatic carbocycles. The highest BCUT2D eigenvalue weighted by Gasteiger charge is 2.21. The van der Waals surface area contributed by atoms with E-state index in [1.54, 1.807) is 0 Å². The molecule has 1 aliphatic heterocycles. The molecule has 0 spiro atoms. The second-order valence-corrected chi connectivity index (χ2v) is 6.47. The van der Waals surface area contributed by atoms with Crippen LogP contribution in [-0.4, -0.2) is 5.75 Å². The molecule has 0 aromatic heterocycles. The normalized spacial score (nSPS) is 17.6. The summed E-state index contributed by atoms with van der Waals surface area (Å²) in [4.78, 5) is 1.43. The second-order valence-electron chi connectivity index (χ2n) is 5.33. The van der Waals surface area contributed by atoms with Crippen LogP contribution in [0.1, 0.15) is 36.1 Å². The predicted octanol–water partition coefficient (Wildman–Crippen LogP) is 5.21. The Morgan fingerprint density at radius 1 is 1.15 bits per heavy atom. The third-order valence-electron chi connectivity index (χ3n) is 4.02. The van der Waals surface area contributed by atoms with Crippen LogP contribution in [0.25, 0.3) is 0 Å². The minimum absolute atomic E-state index is 0.443. The van der Waals surface area contributed by atoms with E-state index in [1.165, 1.54) is 39.4 Å². The lowest BCUT2D eigenvalue weighted by molar-refractivity contribution is 0.726. The molecular weight excluding hydrogens is 262 g/mol. The number of fused-ring (bicyclic) bond motifs is 1. The van der Waals surface area contributed by atoms with Crippen LogP contribution in [0.15, 0.2) is 47.4 Å². The maximum absolute atomic E-state index is 3.81. The first-order chi connectivity index (χ1) is 9.79. The van der Waals surface area contributed by atoms with Crippen LogP contribution in [0.4, 0.5) is 5.69 Å². The van der Waals surface area contributed by atoms with Gasteiger partial charge in [-0.1, -0.05) is 43.3 Å². The van der Waals surface area contributed by atoms with E-state index in [4.69, 9.17) is 0 Å². The van der Waals surface area contributed by atoms with Crippen molar-refractivity contribution in [2.24, 2.45) is 0 Å². The third kappa shape index (κ3) is 2.57. The molecule has 2 aromatic rings. The Labute approximate surface area is 125 Å². The summed E-state index contributed by atoms with van der Waals surface area (Å²) in [6, 6.07) is 15.8. The minimum atomic E-state index is 0.443. The zero-order valence-corrected chi connectivity index (χ0v) is 13.0. The monoisotopic (exact) mass is 283 g/mol. The van der Waals surface area contributed by atoms with Gasteiger partial charge in [-0.3, -0.25) is 0 Å². The number of benzene rings is 2. The number of rotatable bonds is 3. The van der Waals surface area contributed by atoms with Gasteiger partial charge >= 0.3 is 0 Å². The van der Waals surface area contributed by atoms with Gasteiger partial charge in [-0.15, -0.1) is 11.8 Å². The van der Waals surface area contributed by atoms with E-state index >= 15 is 0 Å². The lowest BCUT2D eigenvalue weighted by Gasteiger charge is -2.28. The molecular formula is C18H21NS. The average Bonchev–Trinajstić information content (AvgIpc) is 2.49. The molecule has 1 atom stereocenters. The first kappa shape index (κ1) is 13.6. The highest BCUT2D eigenvalue weighted by atomic mass is 32.2. The molecule has 104 valence electrons.